The summed E-state index contributed by atoms with van der Waals surface area (Å²) < 4.78 is 25.7. The highest BCUT2D eigenvalue weighted by Gasteiger charge is 2.16. The molecule has 0 atom stereocenters. The van der Waals surface area contributed by atoms with Crippen LogP contribution in [0.4, 0.5) is 5.69 Å². The minimum atomic E-state index is -3.66. The quantitative estimate of drug-likeness (QED) is 0.604. The molecule has 2 rings (SSSR count). The van der Waals surface area contributed by atoms with Crippen LogP contribution in [0, 0.1) is 10.1 Å². The molecule has 1 amide bonds. The first-order valence-corrected chi connectivity index (χ1v) is 8.37. The van der Waals surface area contributed by atoms with Gasteiger partial charge in [-0.3, -0.25) is 14.9 Å². The molecule has 0 unspecified atom stereocenters. The van der Waals surface area contributed by atoms with Gasteiger partial charge in [-0.15, -0.1) is 0 Å². The fourth-order valence-corrected chi connectivity index (χ4v) is 2.81. The summed E-state index contributed by atoms with van der Waals surface area (Å²) in [6.07, 6.45) is 0. The molecular formula is C15H15N3O5S. The zero-order valence-electron chi connectivity index (χ0n) is 12.7. The first-order chi connectivity index (χ1) is 11.3. The van der Waals surface area contributed by atoms with Crippen LogP contribution in [-0.4, -0.2) is 26.3 Å². The van der Waals surface area contributed by atoms with Gasteiger partial charge in [0.25, 0.3) is 11.6 Å². The van der Waals surface area contributed by atoms with E-state index in [0.717, 1.165) is 0 Å². The summed E-state index contributed by atoms with van der Waals surface area (Å²) in [6, 6.07) is 11.6. The Balaban J connectivity index is 2.17. The summed E-state index contributed by atoms with van der Waals surface area (Å²) in [7, 11) is -2.38. The smallest absolute Gasteiger partial charge is 0.274 e. The van der Waals surface area contributed by atoms with E-state index in [1.807, 2.05) is 0 Å². The SMILES string of the molecule is CNS(=O)(=O)c1cccc(C(=O)NCc2ccccc2[N+](=O)[O-])c1. The number of nitrogens with one attached hydrogen (secondary N) is 2. The number of hydrogen-bond donors (Lipinski definition) is 2. The number of carbonyl (C=O) groups is 1. The maximum Gasteiger partial charge on any atom is 0.274 e. The Morgan fingerprint density at radius 3 is 2.54 bits per heavy atom. The van der Waals surface area contributed by atoms with Crippen molar-refractivity contribution < 1.29 is 18.1 Å². The monoisotopic (exact) mass is 349 g/mol. The minimum Gasteiger partial charge on any atom is -0.348 e. The average molecular weight is 349 g/mol. The molecule has 0 aliphatic carbocycles. The maximum atomic E-state index is 12.2. The standard InChI is InChI=1S/C15H15N3O5S/c1-16-24(22,23)13-7-4-6-11(9-13)15(19)17-10-12-5-2-3-8-14(12)18(20)21/h2-9,16H,10H2,1H3,(H,17,19). The van der Waals surface area contributed by atoms with Crippen LogP contribution in [0.1, 0.15) is 15.9 Å². The molecule has 0 fully saturated rings. The van der Waals surface area contributed by atoms with E-state index in [1.54, 1.807) is 12.1 Å². The van der Waals surface area contributed by atoms with E-state index in [4.69, 9.17) is 0 Å². The van der Waals surface area contributed by atoms with Crippen molar-refractivity contribution in [2.45, 2.75) is 11.4 Å². The number of benzene rings is 2. The molecule has 0 bridgehead atoms. The first kappa shape index (κ1) is 17.6. The maximum absolute atomic E-state index is 12.2. The van der Waals surface area contributed by atoms with Crippen molar-refractivity contribution in [2.75, 3.05) is 7.05 Å². The molecule has 2 N–H and O–H groups in total. The number of rotatable bonds is 6. The number of nitro groups is 1. The van der Waals surface area contributed by atoms with Crippen molar-refractivity contribution >= 4 is 21.6 Å². The third kappa shape index (κ3) is 3.94. The van der Waals surface area contributed by atoms with Crippen LogP contribution in [-0.2, 0) is 16.6 Å². The van der Waals surface area contributed by atoms with Crippen LogP contribution < -0.4 is 10.0 Å². The summed E-state index contributed by atoms with van der Waals surface area (Å²) in [5.74, 6) is -0.527. The molecular weight excluding hydrogens is 334 g/mol. The van der Waals surface area contributed by atoms with Gasteiger partial charge in [0.1, 0.15) is 0 Å². The second-order valence-corrected chi connectivity index (χ2v) is 6.69. The number of nitrogens with zero attached hydrogens (tertiary/aromatic N) is 1. The molecule has 2 aromatic rings. The molecule has 0 saturated carbocycles. The molecule has 126 valence electrons. The Hall–Kier alpha value is -2.78. The summed E-state index contributed by atoms with van der Waals surface area (Å²) in [6.45, 7) is -0.0427. The van der Waals surface area contributed by atoms with Crippen LogP contribution in [0.25, 0.3) is 0 Å². The normalized spacial score (nSPS) is 11.0. The van der Waals surface area contributed by atoms with Gasteiger partial charge < -0.3 is 5.32 Å². The highest BCUT2D eigenvalue weighted by Crippen LogP contribution is 2.17. The van der Waals surface area contributed by atoms with Crippen LogP contribution in [0.5, 0.6) is 0 Å². The average Bonchev–Trinajstić information content (AvgIpc) is 2.59. The molecule has 0 saturated heterocycles. The van der Waals surface area contributed by atoms with Gasteiger partial charge in [0.15, 0.2) is 0 Å². The summed E-state index contributed by atoms with van der Waals surface area (Å²) >= 11 is 0. The lowest BCUT2D eigenvalue weighted by Crippen LogP contribution is -2.24. The Bertz CT molecular complexity index is 880. The summed E-state index contributed by atoms with van der Waals surface area (Å²) in [5, 5.41) is 13.5. The fourth-order valence-electron chi connectivity index (χ4n) is 2.04. The van der Waals surface area contributed by atoms with E-state index >= 15 is 0 Å². The Kier molecular flexibility index (Phi) is 5.27. The van der Waals surface area contributed by atoms with Gasteiger partial charge in [0, 0.05) is 23.7 Å². The highest BCUT2D eigenvalue weighted by molar-refractivity contribution is 7.89. The van der Waals surface area contributed by atoms with E-state index in [-0.39, 0.29) is 22.7 Å². The number of para-hydroxylation sites is 1. The topological polar surface area (TPSA) is 118 Å². The molecule has 2 aromatic carbocycles. The molecule has 0 aliphatic heterocycles. The van der Waals surface area contributed by atoms with Crippen molar-refractivity contribution in [3.8, 4) is 0 Å². The van der Waals surface area contributed by atoms with Gasteiger partial charge in [-0.25, -0.2) is 13.1 Å². The third-order valence-corrected chi connectivity index (χ3v) is 4.71. The van der Waals surface area contributed by atoms with Gasteiger partial charge in [-0.05, 0) is 25.2 Å². The lowest BCUT2D eigenvalue weighted by Gasteiger charge is -2.08. The molecule has 0 spiro atoms. The molecule has 8 nitrogen and oxygen atoms in total. The van der Waals surface area contributed by atoms with Crippen molar-refractivity contribution in [3.63, 3.8) is 0 Å². The van der Waals surface area contributed by atoms with Gasteiger partial charge in [-0.1, -0.05) is 24.3 Å². The van der Waals surface area contributed by atoms with Crippen molar-refractivity contribution in [1.82, 2.24) is 10.0 Å². The molecule has 9 heteroatoms. The number of hydrogen-bond acceptors (Lipinski definition) is 5. The van der Waals surface area contributed by atoms with Crippen LogP contribution in [0.15, 0.2) is 53.4 Å². The second-order valence-electron chi connectivity index (χ2n) is 4.80. The van der Waals surface area contributed by atoms with E-state index in [1.165, 1.54) is 43.4 Å². The Morgan fingerprint density at radius 2 is 1.88 bits per heavy atom. The lowest BCUT2D eigenvalue weighted by molar-refractivity contribution is -0.385. The summed E-state index contributed by atoms with van der Waals surface area (Å²) in [5.41, 5.74) is 0.407. The molecule has 0 heterocycles. The molecule has 0 aromatic heterocycles. The molecule has 0 aliphatic rings. The minimum absolute atomic E-state index is 0.0386. The Morgan fingerprint density at radius 1 is 1.17 bits per heavy atom. The van der Waals surface area contributed by atoms with Gasteiger partial charge >= 0.3 is 0 Å². The van der Waals surface area contributed by atoms with E-state index in [0.29, 0.717) is 5.56 Å². The van der Waals surface area contributed by atoms with Crippen molar-refractivity contribution in [1.29, 1.82) is 0 Å². The zero-order valence-corrected chi connectivity index (χ0v) is 13.5. The Labute approximate surface area is 138 Å². The van der Waals surface area contributed by atoms with Gasteiger partial charge in [0.2, 0.25) is 10.0 Å². The molecule has 24 heavy (non-hydrogen) atoms. The number of sulfonamides is 1. The number of amides is 1. The third-order valence-electron chi connectivity index (χ3n) is 3.30. The largest absolute Gasteiger partial charge is 0.348 e. The van der Waals surface area contributed by atoms with E-state index in [9.17, 15) is 23.3 Å². The first-order valence-electron chi connectivity index (χ1n) is 6.89. The lowest BCUT2D eigenvalue weighted by atomic mass is 10.1. The van der Waals surface area contributed by atoms with Crippen molar-refractivity contribution in [3.05, 3.63) is 69.8 Å². The summed E-state index contributed by atoms with van der Waals surface area (Å²) in [4.78, 5) is 22.5. The fraction of sp³-hybridized carbons (Fsp3) is 0.133. The number of nitro benzene ring substituents is 1. The zero-order chi connectivity index (χ0) is 17.7. The second kappa shape index (κ2) is 7.20. The van der Waals surface area contributed by atoms with E-state index < -0.39 is 20.9 Å². The van der Waals surface area contributed by atoms with Crippen LogP contribution in [0.3, 0.4) is 0 Å². The van der Waals surface area contributed by atoms with Gasteiger partial charge in [-0.2, -0.15) is 0 Å². The highest BCUT2D eigenvalue weighted by atomic mass is 32.2. The van der Waals surface area contributed by atoms with Gasteiger partial charge in [0.05, 0.1) is 9.82 Å². The van der Waals surface area contributed by atoms with Crippen LogP contribution in [0.2, 0.25) is 0 Å². The van der Waals surface area contributed by atoms with Crippen LogP contribution >= 0.6 is 0 Å². The predicted molar refractivity (Wildman–Crippen MR) is 87.0 cm³/mol. The number of carbonyl (C=O) groups excluding carboxylic acids is 1. The van der Waals surface area contributed by atoms with E-state index in [2.05, 4.69) is 10.0 Å². The predicted octanol–water partition coefficient (Wildman–Crippen LogP) is 1.43. The van der Waals surface area contributed by atoms with Crippen molar-refractivity contribution in [2.24, 2.45) is 0 Å². The molecule has 0 radical (unpaired) electrons.